The molecule has 0 atom stereocenters. The largest absolute Gasteiger partial charge is 0.444 e. The highest BCUT2D eigenvalue weighted by molar-refractivity contribution is 7.18. The molecular formula is C13H20N2O3S. The number of rotatable bonds is 3. The average Bonchev–Trinajstić information content (AvgIpc) is 2.56. The minimum absolute atomic E-state index is 0.123. The van der Waals surface area contributed by atoms with Crippen LogP contribution in [0.4, 0.5) is 9.80 Å². The highest BCUT2D eigenvalue weighted by Gasteiger charge is 2.18. The lowest BCUT2D eigenvalue weighted by Crippen LogP contribution is -2.26. The molecule has 2 N–H and O–H groups in total. The van der Waals surface area contributed by atoms with Crippen molar-refractivity contribution in [3.63, 3.8) is 0 Å². The van der Waals surface area contributed by atoms with Crippen LogP contribution in [-0.2, 0) is 4.74 Å². The molecule has 5 nitrogen and oxygen atoms in total. The number of thiophene rings is 1. The fourth-order valence-electron chi connectivity index (χ4n) is 1.41. The molecule has 1 aromatic rings. The van der Waals surface area contributed by atoms with Crippen molar-refractivity contribution in [3.8, 4) is 0 Å². The van der Waals surface area contributed by atoms with E-state index >= 15 is 0 Å². The molecule has 1 rings (SSSR count). The summed E-state index contributed by atoms with van der Waals surface area (Å²) in [5.41, 5.74) is 0.292. The zero-order valence-corrected chi connectivity index (χ0v) is 12.7. The Labute approximate surface area is 117 Å². The first-order valence-electron chi connectivity index (χ1n) is 6.11. The van der Waals surface area contributed by atoms with Crippen LogP contribution in [0.25, 0.3) is 0 Å². The van der Waals surface area contributed by atoms with Crippen molar-refractivity contribution in [1.29, 1.82) is 0 Å². The fourth-order valence-corrected chi connectivity index (χ4v) is 2.39. The number of hydrogen-bond acceptors (Lipinski definition) is 4. The summed E-state index contributed by atoms with van der Waals surface area (Å²) in [4.78, 5) is 24.0. The predicted octanol–water partition coefficient (Wildman–Crippen LogP) is 3.15. The van der Waals surface area contributed by atoms with E-state index in [4.69, 9.17) is 4.74 Å². The molecule has 0 unspecified atom stereocenters. The number of anilines is 1. The van der Waals surface area contributed by atoms with E-state index in [0.29, 0.717) is 16.4 Å². The third-order valence-corrected chi connectivity index (χ3v) is 3.24. The highest BCUT2D eigenvalue weighted by atomic mass is 32.1. The minimum atomic E-state index is -0.543. The van der Waals surface area contributed by atoms with Crippen LogP contribution in [0.1, 0.15) is 42.9 Å². The zero-order valence-electron chi connectivity index (χ0n) is 11.9. The second kappa shape index (κ2) is 6.06. The Morgan fingerprint density at radius 3 is 2.53 bits per heavy atom. The molecule has 0 saturated carbocycles. The Balaban J connectivity index is 2.74. The Hall–Kier alpha value is -1.56. The topological polar surface area (TPSA) is 67.4 Å². The van der Waals surface area contributed by atoms with Gasteiger partial charge < -0.3 is 10.1 Å². The van der Waals surface area contributed by atoms with Gasteiger partial charge in [0.1, 0.15) is 5.60 Å². The third kappa shape index (κ3) is 4.90. The lowest BCUT2D eigenvalue weighted by Gasteiger charge is -2.19. The van der Waals surface area contributed by atoms with Crippen LogP contribution in [0, 0.1) is 6.92 Å². The predicted molar refractivity (Wildman–Crippen MR) is 76.9 cm³/mol. The van der Waals surface area contributed by atoms with Gasteiger partial charge in [0.05, 0.1) is 9.88 Å². The molecule has 2 amide bonds. The van der Waals surface area contributed by atoms with Crippen molar-refractivity contribution in [3.05, 3.63) is 16.5 Å². The normalized spacial score (nSPS) is 11.0. The maximum atomic E-state index is 11.7. The summed E-state index contributed by atoms with van der Waals surface area (Å²) < 4.78 is 5.15. The molecule has 0 aromatic carbocycles. The molecule has 0 aliphatic rings. The van der Waals surface area contributed by atoms with Crippen molar-refractivity contribution < 1.29 is 14.3 Å². The van der Waals surface area contributed by atoms with Crippen LogP contribution < -0.4 is 10.6 Å². The first-order chi connectivity index (χ1) is 8.73. The van der Waals surface area contributed by atoms with Crippen LogP contribution in [-0.4, -0.2) is 24.1 Å². The highest BCUT2D eigenvalue weighted by Crippen LogP contribution is 2.27. The fraction of sp³-hybridized carbons (Fsp3) is 0.538. The van der Waals surface area contributed by atoms with Gasteiger partial charge in [-0.15, -0.1) is 11.3 Å². The Bertz CT molecular complexity index is 475. The second-order valence-corrected chi connectivity index (χ2v) is 6.16. The molecule has 0 aliphatic carbocycles. The number of nitrogens with one attached hydrogen (secondary N) is 2. The maximum absolute atomic E-state index is 11.7. The van der Waals surface area contributed by atoms with Crippen molar-refractivity contribution >= 4 is 28.3 Å². The minimum Gasteiger partial charge on any atom is -0.444 e. The van der Waals surface area contributed by atoms with Crippen molar-refractivity contribution in [2.45, 2.75) is 40.2 Å². The third-order valence-electron chi connectivity index (χ3n) is 2.09. The number of ether oxygens (including phenoxy) is 1. The van der Waals surface area contributed by atoms with E-state index in [9.17, 15) is 9.59 Å². The quantitative estimate of drug-likeness (QED) is 0.896. The van der Waals surface area contributed by atoms with Gasteiger partial charge in [-0.25, -0.2) is 4.79 Å². The van der Waals surface area contributed by atoms with Gasteiger partial charge in [0.15, 0.2) is 0 Å². The molecule has 0 aliphatic heterocycles. The second-order valence-electron chi connectivity index (χ2n) is 5.11. The summed E-state index contributed by atoms with van der Waals surface area (Å²) in [6.45, 7) is 9.66. The van der Waals surface area contributed by atoms with Gasteiger partial charge in [0, 0.05) is 6.54 Å². The van der Waals surface area contributed by atoms with Crippen LogP contribution in [0.15, 0.2) is 6.07 Å². The number of amides is 2. The Morgan fingerprint density at radius 1 is 1.37 bits per heavy atom. The monoisotopic (exact) mass is 284 g/mol. The van der Waals surface area contributed by atoms with Crippen molar-refractivity contribution in [1.82, 2.24) is 5.32 Å². The average molecular weight is 284 g/mol. The molecule has 6 heteroatoms. The zero-order chi connectivity index (χ0) is 14.6. The first-order valence-corrected chi connectivity index (χ1v) is 6.93. The van der Waals surface area contributed by atoms with Gasteiger partial charge in [-0.1, -0.05) is 0 Å². The standard InChI is InChI=1S/C13H20N2O3S/c1-6-14-11(16)10-8(2)7-9(19-10)15-12(17)18-13(3,4)5/h7H,6H2,1-5H3,(H,14,16)(H,15,17). The lowest BCUT2D eigenvalue weighted by atomic mass is 10.2. The van der Waals surface area contributed by atoms with Crippen LogP contribution in [0.3, 0.4) is 0 Å². The molecule has 0 fully saturated rings. The molecule has 0 bridgehead atoms. The van der Waals surface area contributed by atoms with E-state index in [-0.39, 0.29) is 5.91 Å². The molecule has 19 heavy (non-hydrogen) atoms. The summed E-state index contributed by atoms with van der Waals surface area (Å²) in [5.74, 6) is -0.123. The SMILES string of the molecule is CCNC(=O)c1sc(NC(=O)OC(C)(C)C)cc1C. The summed E-state index contributed by atoms with van der Waals surface area (Å²) >= 11 is 1.24. The number of hydrogen-bond donors (Lipinski definition) is 2. The van der Waals surface area contributed by atoms with Crippen LogP contribution in [0.5, 0.6) is 0 Å². The number of aryl methyl sites for hydroxylation is 1. The van der Waals surface area contributed by atoms with Gasteiger partial charge in [-0.2, -0.15) is 0 Å². The molecule has 106 valence electrons. The van der Waals surface area contributed by atoms with E-state index in [1.54, 1.807) is 26.8 Å². The molecule has 0 radical (unpaired) electrons. The van der Waals surface area contributed by atoms with E-state index in [0.717, 1.165) is 5.56 Å². The van der Waals surface area contributed by atoms with E-state index < -0.39 is 11.7 Å². The van der Waals surface area contributed by atoms with Gasteiger partial charge in [0.25, 0.3) is 5.91 Å². The van der Waals surface area contributed by atoms with Gasteiger partial charge >= 0.3 is 6.09 Å². The smallest absolute Gasteiger partial charge is 0.412 e. The van der Waals surface area contributed by atoms with E-state index in [1.807, 2.05) is 13.8 Å². The molecular weight excluding hydrogens is 264 g/mol. The summed E-state index contributed by atoms with van der Waals surface area (Å²) in [5, 5.41) is 5.97. The van der Waals surface area contributed by atoms with Crippen molar-refractivity contribution in [2.75, 3.05) is 11.9 Å². The molecule has 0 saturated heterocycles. The summed E-state index contributed by atoms with van der Waals surface area (Å²) in [6.07, 6.45) is -0.517. The first kappa shape index (κ1) is 15.5. The Morgan fingerprint density at radius 2 is 2.00 bits per heavy atom. The van der Waals surface area contributed by atoms with E-state index in [2.05, 4.69) is 10.6 Å². The summed E-state index contributed by atoms with van der Waals surface area (Å²) in [7, 11) is 0. The van der Waals surface area contributed by atoms with Crippen LogP contribution in [0.2, 0.25) is 0 Å². The van der Waals surface area contributed by atoms with Crippen LogP contribution >= 0.6 is 11.3 Å². The van der Waals surface area contributed by atoms with Gasteiger partial charge in [0.2, 0.25) is 0 Å². The Kier molecular flexibility index (Phi) is 4.94. The van der Waals surface area contributed by atoms with Gasteiger partial charge in [-0.3, -0.25) is 10.1 Å². The maximum Gasteiger partial charge on any atom is 0.412 e. The molecule has 1 aromatic heterocycles. The molecule has 1 heterocycles. The number of carbonyl (C=O) groups is 2. The van der Waals surface area contributed by atoms with Crippen molar-refractivity contribution in [2.24, 2.45) is 0 Å². The summed E-state index contributed by atoms with van der Waals surface area (Å²) in [6, 6.07) is 1.76. The molecule has 0 spiro atoms. The lowest BCUT2D eigenvalue weighted by molar-refractivity contribution is 0.0636. The van der Waals surface area contributed by atoms with E-state index in [1.165, 1.54) is 11.3 Å². The number of carbonyl (C=O) groups excluding carboxylic acids is 2. The van der Waals surface area contributed by atoms with Gasteiger partial charge in [-0.05, 0) is 46.2 Å².